The maximum Gasteiger partial charge on any atom is 0.289 e. The Bertz CT molecular complexity index is 1300. The highest BCUT2D eigenvalue weighted by molar-refractivity contribution is 6.18. The normalized spacial score (nSPS) is 11.2. The molecule has 41 heavy (non-hydrogen) atoms. The van der Waals surface area contributed by atoms with Gasteiger partial charge in [0.2, 0.25) is 0 Å². The first-order valence-corrected chi connectivity index (χ1v) is 14.3. The summed E-state index contributed by atoms with van der Waals surface area (Å²) >= 11 is 11.7. The van der Waals surface area contributed by atoms with Gasteiger partial charge in [-0.25, -0.2) is 10.0 Å². The summed E-state index contributed by atoms with van der Waals surface area (Å²) in [7, 11) is 9.11. The minimum Gasteiger partial charge on any atom is -0.383 e. The van der Waals surface area contributed by atoms with Crippen molar-refractivity contribution in [1.29, 1.82) is 0 Å². The van der Waals surface area contributed by atoms with Crippen molar-refractivity contribution < 1.29 is 14.4 Å². The number of carbonyl (C=O) groups excluding carboxylic acids is 3. The summed E-state index contributed by atoms with van der Waals surface area (Å²) in [5.74, 6) is -0.0896. The zero-order chi connectivity index (χ0) is 30.1. The smallest absolute Gasteiger partial charge is 0.289 e. The van der Waals surface area contributed by atoms with Crippen LogP contribution < -0.4 is 15.2 Å². The SMILES string of the molecule is CN(C)CCCN(C)C(=O)c1cc(N(C)C(=O)c2cc(N(C(=O)c3cc(NCCCl)c[nH]3)N(C)CCCl)c[nH]2)c[nH]1. The molecule has 4 N–H and O–H groups in total. The minimum absolute atomic E-state index is 0.153. The summed E-state index contributed by atoms with van der Waals surface area (Å²) in [4.78, 5) is 53.8. The van der Waals surface area contributed by atoms with E-state index in [1.165, 1.54) is 9.91 Å². The fraction of sp³-hybridized carbons (Fsp3) is 0.444. The van der Waals surface area contributed by atoms with Gasteiger partial charge in [0, 0.05) is 71.1 Å². The van der Waals surface area contributed by atoms with E-state index in [1.807, 2.05) is 14.1 Å². The van der Waals surface area contributed by atoms with Gasteiger partial charge in [0.05, 0.1) is 17.1 Å². The van der Waals surface area contributed by atoms with E-state index in [2.05, 4.69) is 25.2 Å². The number of amides is 3. The molecule has 0 saturated carbocycles. The van der Waals surface area contributed by atoms with E-state index >= 15 is 0 Å². The number of nitrogens with one attached hydrogen (secondary N) is 4. The van der Waals surface area contributed by atoms with Crippen molar-refractivity contribution in [3.05, 3.63) is 53.9 Å². The topological polar surface area (TPSA) is 127 Å². The molecule has 0 unspecified atom stereocenters. The van der Waals surface area contributed by atoms with E-state index in [-0.39, 0.29) is 23.4 Å². The lowest BCUT2D eigenvalue weighted by molar-refractivity contribution is 0.0785. The van der Waals surface area contributed by atoms with E-state index in [0.717, 1.165) is 18.7 Å². The van der Waals surface area contributed by atoms with Gasteiger partial charge >= 0.3 is 0 Å². The Kier molecular flexibility index (Phi) is 11.7. The molecule has 0 aliphatic carbocycles. The summed E-state index contributed by atoms with van der Waals surface area (Å²) in [6.07, 6.45) is 5.76. The van der Waals surface area contributed by atoms with Crippen molar-refractivity contribution in [2.24, 2.45) is 0 Å². The van der Waals surface area contributed by atoms with Gasteiger partial charge in [-0.2, -0.15) is 0 Å². The van der Waals surface area contributed by atoms with Gasteiger partial charge in [0.1, 0.15) is 17.1 Å². The number of hydrogen-bond donors (Lipinski definition) is 4. The molecular formula is C27H39Cl2N9O3. The van der Waals surface area contributed by atoms with Crippen molar-refractivity contribution in [1.82, 2.24) is 29.8 Å². The van der Waals surface area contributed by atoms with Crippen molar-refractivity contribution >= 4 is 58.0 Å². The Morgan fingerprint density at radius 1 is 0.732 bits per heavy atom. The first-order valence-electron chi connectivity index (χ1n) is 13.2. The Hall–Kier alpha value is -3.45. The number of nitrogens with zero attached hydrogens (tertiary/aromatic N) is 5. The lowest BCUT2D eigenvalue weighted by Gasteiger charge is -2.30. The van der Waals surface area contributed by atoms with Gasteiger partial charge in [-0.05, 0) is 45.3 Å². The molecule has 0 fully saturated rings. The van der Waals surface area contributed by atoms with Crippen LogP contribution in [0.15, 0.2) is 36.8 Å². The first-order chi connectivity index (χ1) is 19.6. The Morgan fingerprint density at radius 3 is 2.00 bits per heavy atom. The summed E-state index contributed by atoms with van der Waals surface area (Å²) in [6, 6.07) is 4.96. The monoisotopic (exact) mass is 607 g/mol. The molecule has 0 saturated heterocycles. The van der Waals surface area contributed by atoms with Gasteiger partial charge in [-0.1, -0.05) is 0 Å². The Labute approximate surface area is 250 Å². The molecule has 0 radical (unpaired) electrons. The third-order valence-electron chi connectivity index (χ3n) is 6.46. The number of anilines is 3. The second kappa shape index (κ2) is 15.0. The molecule has 0 bridgehead atoms. The molecule has 3 amide bonds. The van der Waals surface area contributed by atoms with Crippen LogP contribution in [0.25, 0.3) is 0 Å². The summed E-state index contributed by atoms with van der Waals surface area (Å²) in [5.41, 5.74) is 2.76. The van der Waals surface area contributed by atoms with E-state index in [9.17, 15) is 14.4 Å². The third kappa shape index (κ3) is 8.29. The highest BCUT2D eigenvalue weighted by Crippen LogP contribution is 2.24. The zero-order valence-corrected chi connectivity index (χ0v) is 25.6. The molecule has 0 aliphatic heterocycles. The second-order valence-electron chi connectivity index (χ2n) is 9.90. The summed E-state index contributed by atoms with van der Waals surface area (Å²) < 4.78 is 0. The van der Waals surface area contributed by atoms with Crippen LogP contribution in [0.3, 0.4) is 0 Å². The zero-order valence-electron chi connectivity index (χ0n) is 24.1. The van der Waals surface area contributed by atoms with Crippen LogP contribution in [0.1, 0.15) is 37.9 Å². The van der Waals surface area contributed by atoms with Crippen molar-refractivity contribution in [3.8, 4) is 0 Å². The van der Waals surface area contributed by atoms with Crippen LogP contribution in [-0.4, -0.2) is 121 Å². The Morgan fingerprint density at radius 2 is 1.34 bits per heavy atom. The molecule has 0 spiro atoms. The highest BCUT2D eigenvalue weighted by atomic mass is 35.5. The fourth-order valence-corrected chi connectivity index (χ4v) is 4.51. The molecule has 3 heterocycles. The molecule has 14 heteroatoms. The molecule has 3 aromatic rings. The van der Waals surface area contributed by atoms with Crippen molar-refractivity contribution in [2.75, 3.05) is 88.4 Å². The quantitative estimate of drug-likeness (QED) is 0.155. The summed E-state index contributed by atoms with van der Waals surface area (Å²) in [5, 5.41) is 6.26. The van der Waals surface area contributed by atoms with E-state index in [1.54, 1.807) is 67.8 Å². The van der Waals surface area contributed by atoms with Crippen LogP contribution in [0.5, 0.6) is 0 Å². The lowest BCUT2D eigenvalue weighted by Crippen LogP contribution is -2.45. The number of carbonyl (C=O) groups is 3. The maximum absolute atomic E-state index is 13.5. The van der Waals surface area contributed by atoms with Crippen LogP contribution >= 0.6 is 23.2 Å². The van der Waals surface area contributed by atoms with Crippen LogP contribution in [-0.2, 0) is 0 Å². The van der Waals surface area contributed by atoms with Gasteiger partial charge < -0.3 is 35.0 Å². The van der Waals surface area contributed by atoms with Gasteiger partial charge in [0.15, 0.2) is 0 Å². The van der Waals surface area contributed by atoms with Crippen LogP contribution in [0.2, 0.25) is 0 Å². The van der Waals surface area contributed by atoms with Crippen molar-refractivity contribution in [3.63, 3.8) is 0 Å². The lowest BCUT2D eigenvalue weighted by atomic mass is 10.3. The molecule has 3 aromatic heterocycles. The predicted octanol–water partition coefficient (Wildman–Crippen LogP) is 3.35. The highest BCUT2D eigenvalue weighted by Gasteiger charge is 2.26. The average Bonchev–Trinajstić information content (AvgIpc) is 3.72. The largest absolute Gasteiger partial charge is 0.383 e. The first kappa shape index (κ1) is 32.1. The van der Waals surface area contributed by atoms with Crippen LogP contribution in [0, 0.1) is 0 Å². The average molecular weight is 609 g/mol. The standard InChI is InChI=1S/C27H39Cl2N9O3/c1-34(2)10-6-11-35(3)25(39)23-14-20(17-32-23)37(5)26(40)24-15-21(18-33-24)38(36(4)12-8-29)27(41)22-13-19(16-31-22)30-9-7-28/h13-18,30-33H,6-12H2,1-5H3. The number of hydrazine groups is 1. The van der Waals surface area contributed by atoms with E-state index in [4.69, 9.17) is 23.2 Å². The minimum atomic E-state index is -0.339. The number of halogens is 2. The van der Waals surface area contributed by atoms with Gasteiger partial charge in [0.25, 0.3) is 17.7 Å². The number of alkyl halides is 2. The molecule has 0 atom stereocenters. The number of aromatic amines is 3. The predicted molar refractivity (Wildman–Crippen MR) is 165 cm³/mol. The van der Waals surface area contributed by atoms with E-state index < -0.39 is 0 Å². The van der Waals surface area contributed by atoms with E-state index in [0.29, 0.717) is 54.2 Å². The number of H-pyrrole nitrogens is 3. The molecule has 224 valence electrons. The van der Waals surface area contributed by atoms with Gasteiger partial charge in [-0.3, -0.25) is 14.4 Å². The number of aromatic nitrogens is 3. The molecule has 12 nitrogen and oxygen atoms in total. The molecule has 0 aromatic carbocycles. The van der Waals surface area contributed by atoms with Crippen LogP contribution in [0.4, 0.5) is 17.1 Å². The number of hydrogen-bond acceptors (Lipinski definition) is 6. The Balaban J connectivity index is 1.75. The number of rotatable bonds is 15. The molecular weight excluding hydrogens is 569 g/mol. The molecule has 3 rings (SSSR count). The maximum atomic E-state index is 13.5. The van der Waals surface area contributed by atoms with Crippen molar-refractivity contribution in [2.45, 2.75) is 6.42 Å². The fourth-order valence-electron chi connectivity index (χ4n) is 4.18. The third-order valence-corrected chi connectivity index (χ3v) is 6.82. The van der Waals surface area contributed by atoms with Gasteiger partial charge in [-0.15, -0.1) is 23.2 Å². The second-order valence-corrected chi connectivity index (χ2v) is 10.7. The molecule has 0 aliphatic rings. The summed E-state index contributed by atoms with van der Waals surface area (Å²) in [6.45, 7) is 2.45.